The molecule has 0 aliphatic carbocycles. The average molecular weight is 964 g/mol. The van der Waals surface area contributed by atoms with Gasteiger partial charge < -0.3 is 57.4 Å². The van der Waals surface area contributed by atoms with Gasteiger partial charge >= 0.3 is 47.8 Å². The zero-order valence-corrected chi connectivity index (χ0v) is 38.7. The fourth-order valence-corrected chi connectivity index (χ4v) is 7.76. The first-order valence-electron chi connectivity index (χ1n) is 21.6. The van der Waals surface area contributed by atoms with E-state index in [9.17, 15) is 43.2 Å². The van der Waals surface area contributed by atoms with Crippen LogP contribution in [0.15, 0.2) is 91.0 Å². The van der Waals surface area contributed by atoms with Gasteiger partial charge in [0.15, 0.2) is 24.4 Å². The zero-order valence-electron chi connectivity index (χ0n) is 38.7. The van der Waals surface area contributed by atoms with E-state index < -0.39 is 140 Å². The van der Waals surface area contributed by atoms with Crippen LogP contribution in [-0.2, 0) is 80.9 Å². The quantitative estimate of drug-likeness (QED) is 0.142. The maximum atomic E-state index is 14.6. The minimum Gasteiger partial charge on any atom is -0.465 e. The number of carbonyl (C=O) groups is 9. The van der Waals surface area contributed by atoms with Gasteiger partial charge in [-0.05, 0) is 43.3 Å². The summed E-state index contributed by atoms with van der Waals surface area (Å²) in [7, 11) is 0.941. The Morgan fingerprint density at radius 3 is 1.64 bits per heavy atom. The predicted molar refractivity (Wildman–Crippen MR) is 232 cm³/mol. The summed E-state index contributed by atoms with van der Waals surface area (Å²) in [6.45, 7) is 5.17. The van der Waals surface area contributed by atoms with Gasteiger partial charge in [0.25, 0.3) is 5.79 Å². The summed E-state index contributed by atoms with van der Waals surface area (Å²) in [6, 6.07) is 21.6. The highest BCUT2D eigenvalue weighted by atomic mass is 16.8. The molecule has 21 heteroatoms. The topological polar surface area (TPSA) is 267 Å². The first kappa shape index (κ1) is 52.7. The van der Waals surface area contributed by atoms with Gasteiger partial charge in [-0.25, -0.2) is 19.2 Å². The van der Waals surface area contributed by atoms with Crippen LogP contribution < -0.4 is 5.32 Å². The van der Waals surface area contributed by atoms with Crippen LogP contribution >= 0.6 is 0 Å². The normalized spacial score (nSPS) is 24.9. The van der Waals surface area contributed by atoms with E-state index in [0.717, 1.165) is 41.7 Å². The molecule has 11 atom stereocenters. The maximum absolute atomic E-state index is 14.6. The lowest BCUT2D eigenvalue weighted by atomic mass is 9.87. The highest BCUT2D eigenvalue weighted by molar-refractivity contribution is 5.91. The second-order valence-corrected chi connectivity index (χ2v) is 15.8. The third-order valence-electron chi connectivity index (χ3n) is 10.6. The fourth-order valence-electron chi connectivity index (χ4n) is 7.76. The Labute approximate surface area is 396 Å². The number of benzene rings is 3. The molecule has 0 spiro atoms. The SMILES string of the molecule is COC(=O)[C@@]1(OC2C(OC(=O)c3ccccc3)C(C)OC(COC(=O)c3ccccc3)C2OC(=O)c2ccccc2)C[C@@H](OC(C)=O)C(NC(C)=O)C([C@H](OC(C)=O)[C@@H](COC(C)=O)OC(C)=O)O1. The molecular weight excluding hydrogens is 911 g/mol. The summed E-state index contributed by atoms with van der Waals surface area (Å²) >= 11 is 0. The van der Waals surface area contributed by atoms with Crippen molar-refractivity contribution in [3.05, 3.63) is 108 Å². The van der Waals surface area contributed by atoms with Crippen LogP contribution in [0.4, 0.5) is 0 Å². The lowest BCUT2D eigenvalue weighted by Crippen LogP contribution is -2.71. The van der Waals surface area contributed by atoms with Crippen molar-refractivity contribution < 1.29 is 95.3 Å². The number of hydrogen-bond acceptors (Lipinski definition) is 20. The van der Waals surface area contributed by atoms with E-state index >= 15 is 0 Å². The predicted octanol–water partition coefficient (Wildman–Crippen LogP) is 2.99. The molecule has 69 heavy (non-hydrogen) atoms. The highest BCUT2D eigenvalue weighted by Crippen LogP contribution is 2.41. The van der Waals surface area contributed by atoms with Gasteiger partial charge in [-0.2, -0.15) is 0 Å². The lowest BCUT2D eigenvalue weighted by Gasteiger charge is -2.51. The van der Waals surface area contributed by atoms with Gasteiger partial charge in [0.2, 0.25) is 5.91 Å². The summed E-state index contributed by atoms with van der Waals surface area (Å²) in [5, 5.41) is 2.58. The monoisotopic (exact) mass is 963 g/mol. The molecule has 0 aromatic heterocycles. The number of ether oxygens (including phenoxy) is 11. The molecule has 0 bridgehead atoms. The van der Waals surface area contributed by atoms with Crippen LogP contribution in [0.25, 0.3) is 0 Å². The summed E-state index contributed by atoms with van der Waals surface area (Å²) < 4.78 is 64.9. The number of carbonyl (C=O) groups excluding carboxylic acids is 9. The molecule has 3 aromatic carbocycles. The Bertz CT molecular complexity index is 2310. The van der Waals surface area contributed by atoms with E-state index in [4.69, 9.17) is 52.1 Å². The molecule has 1 amide bonds. The fraction of sp³-hybridized carbons (Fsp3) is 0.438. The summed E-state index contributed by atoms with van der Waals surface area (Å²) in [5.74, 6) is -11.6. The van der Waals surface area contributed by atoms with Crippen molar-refractivity contribution in [3.63, 3.8) is 0 Å². The molecule has 7 unspecified atom stereocenters. The molecule has 2 fully saturated rings. The molecule has 0 saturated carbocycles. The van der Waals surface area contributed by atoms with Gasteiger partial charge in [-0.3, -0.25) is 24.0 Å². The van der Waals surface area contributed by atoms with Crippen molar-refractivity contribution >= 4 is 53.7 Å². The van der Waals surface area contributed by atoms with Gasteiger partial charge in [0.1, 0.15) is 37.6 Å². The van der Waals surface area contributed by atoms with Crippen molar-refractivity contribution in [3.8, 4) is 0 Å². The first-order valence-corrected chi connectivity index (χ1v) is 21.6. The van der Waals surface area contributed by atoms with Gasteiger partial charge in [-0.15, -0.1) is 0 Å². The summed E-state index contributed by atoms with van der Waals surface area (Å²) in [4.78, 5) is 119. The maximum Gasteiger partial charge on any atom is 0.366 e. The van der Waals surface area contributed by atoms with E-state index in [1.807, 2.05) is 0 Å². The van der Waals surface area contributed by atoms with Crippen molar-refractivity contribution in [2.75, 3.05) is 20.3 Å². The van der Waals surface area contributed by atoms with Crippen LogP contribution in [0.5, 0.6) is 0 Å². The molecular formula is C48H53NO20. The van der Waals surface area contributed by atoms with Crippen LogP contribution in [0.2, 0.25) is 0 Å². The highest BCUT2D eigenvalue weighted by Gasteiger charge is 2.63. The Kier molecular flexibility index (Phi) is 18.5. The second kappa shape index (κ2) is 24.2. The summed E-state index contributed by atoms with van der Waals surface area (Å²) in [6.07, 6.45) is -16.2. The van der Waals surface area contributed by atoms with Crippen LogP contribution in [0.1, 0.15) is 79.0 Å². The van der Waals surface area contributed by atoms with E-state index in [0.29, 0.717) is 0 Å². The van der Waals surface area contributed by atoms with Crippen LogP contribution in [0, 0.1) is 0 Å². The molecule has 2 aliphatic rings. The summed E-state index contributed by atoms with van der Waals surface area (Å²) in [5.41, 5.74) is 0.228. The van der Waals surface area contributed by atoms with Gasteiger partial charge in [0, 0.05) is 34.6 Å². The van der Waals surface area contributed by atoms with E-state index in [1.165, 1.54) is 43.3 Å². The Morgan fingerprint density at radius 2 is 1.16 bits per heavy atom. The smallest absolute Gasteiger partial charge is 0.366 e. The van der Waals surface area contributed by atoms with E-state index in [1.54, 1.807) is 54.6 Å². The van der Waals surface area contributed by atoms with Crippen molar-refractivity contribution in [2.45, 2.75) is 115 Å². The van der Waals surface area contributed by atoms with E-state index in [-0.39, 0.29) is 16.7 Å². The number of amides is 1. The lowest BCUT2D eigenvalue weighted by molar-refractivity contribution is -0.352. The third kappa shape index (κ3) is 14.2. The zero-order chi connectivity index (χ0) is 50.4. The van der Waals surface area contributed by atoms with Gasteiger partial charge in [-0.1, -0.05) is 54.6 Å². The molecule has 0 radical (unpaired) electrons. The number of hydrogen-bond donors (Lipinski definition) is 1. The van der Waals surface area contributed by atoms with E-state index in [2.05, 4.69) is 5.32 Å². The molecule has 21 nitrogen and oxygen atoms in total. The Hall–Kier alpha value is -7.23. The largest absolute Gasteiger partial charge is 0.465 e. The van der Waals surface area contributed by atoms with Crippen molar-refractivity contribution in [1.29, 1.82) is 0 Å². The van der Waals surface area contributed by atoms with Gasteiger partial charge in [0.05, 0.1) is 42.4 Å². The average Bonchev–Trinajstić information content (AvgIpc) is 3.31. The molecule has 370 valence electrons. The van der Waals surface area contributed by atoms with Crippen LogP contribution in [-0.4, -0.2) is 141 Å². The number of nitrogens with one attached hydrogen (secondary N) is 1. The second-order valence-electron chi connectivity index (χ2n) is 15.8. The van der Waals surface area contributed by atoms with Crippen molar-refractivity contribution in [1.82, 2.24) is 5.32 Å². The van der Waals surface area contributed by atoms with Crippen LogP contribution in [0.3, 0.4) is 0 Å². The Balaban J connectivity index is 1.74. The minimum atomic E-state index is -2.92. The third-order valence-corrected chi connectivity index (χ3v) is 10.6. The van der Waals surface area contributed by atoms with Crippen molar-refractivity contribution in [2.24, 2.45) is 0 Å². The first-order chi connectivity index (χ1) is 32.8. The molecule has 2 saturated heterocycles. The Morgan fingerprint density at radius 1 is 0.638 bits per heavy atom. The number of methoxy groups -OCH3 is 1. The number of rotatable bonds is 18. The molecule has 3 aromatic rings. The molecule has 1 N–H and O–H groups in total. The minimum absolute atomic E-state index is 0.0194. The number of esters is 8. The molecule has 2 heterocycles. The standard InChI is InChI=1S/C48H53NO20/c1-26-39(66-45(56)33-19-13-9-14-20-33)43(41(67-46(57)34-21-15-10-16-22-34)36(62-26)25-61-44(55)32-17-11-8-12-18-32)69-48(47(58)59-7)23-35(63-29(4)52)38(49-27(2)50)42(68-48)40(65-31(6)54)37(64-30(5)53)24-60-28(3)51/h8-22,26,35-43H,23-25H2,1-7H3,(H,49,50)/t26?,35-,36?,37-,38?,39?,40-,41?,42?,43?,48+/m1/s1. The molecule has 5 rings (SSSR count). The molecule has 2 aliphatic heterocycles.